The number of allylic oxidation sites excluding steroid dienone is 2. The van der Waals surface area contributed by atoms with Crippen molar-refractivity contribution >= 4 is 11.8 Å². The molecule has 0 aromatic rings. The first-order chi connectivity index (χ1) is 6.65. The summed E-state index contributed by atoms with van der Waals surface area (Å²) < 4.78 is 5.16. The largest absolute Gasteiger partial charge is 0.431 e. The van der Waals surface area contributed by atoms with Crippen LogP contribution in [0.2, 0.25) is 0 Å². The maximum Gasteiger partial charge on any atom is 0.307 e. The summed E-state index contributed by atoms with van der Waals surface area (Å²) in [5.41, 5.74) is -0.904. The SMILES string of the molecule is CC(=O)OC1=CC(C)(C)C(=O)CC1(C)C. The molecular weight excluding hydrogens is 192 g/mol. The first kappa shape index (κ1) is 12.0. The summed E-state index contributed by atoms with van der Waals surface area (Å²) in [6.07, 6.45) is 2.18. The van der Waals surface area contributed by atoms with Crippen LogP contribution in [0.5, 0.6) is 0 Å². The van der Waals surface area contributed by atoms with Gasteiger partial charge in [-0.1, -0.05) is 13.8 Å². The Hall–Kier alpha value is -1.12. The van der Waals surface area contributed by atoms with Crippen molar-refractivity contribution in [3.05, 3.63) is 11.8 Å². The van der Waals surface area contributed by atoms with Crippen molar-refractivity contribution in [1.82, 2.24) is 0 Å². The Bertz CT molecular complexity index is 335. The lowest BCUT2D eigenvalue weighted by molar-refractivity contribution is -0.141. The highest BCUT2D eigenvalue weighted by molar-refractivity contribution is 5.88. The summed E-state index contributed by atoms with van der Waals surface area (Å²) in [6.45, 7) is 8.88. The lowest BCUT2D eigenvalue weighted by Gasteiger charge is -2.36. The van der Waals surface area contributed by atoms with Gasteiger partial charge in [-0.15, -0.1) is 0 Å². The number of carbonyl (C=O) groups excluding carboxylic acids is 2. The highest BCUT2D eigenvalue weighted by Gasteiger charge is 2.41. The molecule has 3 nitrogen and oxygen atoms in total. The van der Waals surface area contributed by atoms with Gasteiger partial charge in [-0.2, -0.15) is 0 Å². The molecule has 1 rings (SSSR count). The molecule has 0 amide bonds. The molecule has 0 aliphatic heterocycles. The normalized spacial score (nSPS) is 23.3. The molecule has 3 heteroatoms. The van der Waals surface area contributed by atoms with Crippen molar-refractivity contribution < 1.29 is 14.3 Å². The summed E-state index contributed by atoms with van der Waals surface area (Å²) in [5, 5.41) is 0. The minimum absolute atomic E-state index is 0.184. The number of ketones is 1. The highest BCUT2D eigenvalue weighted by atomic mass is 16.5. The average Bonchev–Trinajstić information content (AvgIpc) is 1.98. The number of rotatable bonds is 1. The highest BCUT2D eigenvalue weighted by Crippen LogP contribution is 2.42. The Labute approximate surface area is 90.5 Å². The minimum Gasteiger partial charge on any atom is -0.431 e. The molecule has 0 radical (unpaired) electrons. The van der Waals surface area contributed by atoms with E-state index in [1.807, 2.05) is 27.7 Å². The maximum atomic E-state index is 11.8. The second-order valence-corrected chi connectivity index (χ2v) is 5.31. The van der Waals surface area contributed by atoms with Crippen LogP contribution < -0.4 is 0 Å². The van der Waals surface area contributed by atoms with E-state index >= 15 is 0 Å². The summed E-state index contributed by atoms with van der Waals surface area (Å²) in [4.78, 5) is 22.7. The monoisotopic (exact) mass is 210 g/mol. The molecule has 0 spiro atoms. The first-order valence-corrected chi connectivity index (χ1v) is 5.10. The van der Waals surface area contributed by atoms with Crippen molar-refractivity contribution in [1.29, 1.82) is 0 Å². The molecule has 15 heavy (non-hydrogen) atoms. The molecular formula is C12H18O3. The number of hydrogen-bond acceptors (Lipinski definition) is 3. The Kier molecular flexibility index (Phi) is 2.77. The van der Waals surface area contributed by atoms with E-state index in [0.29, 0.717) is 12.2 Å². The molecule has 0 saturated heterocycles. The molecule has 0 atom stereocenters. The van der Waals surface area contributed by atoms with Gasteiger partial charge >= 0.3 is 5.97 Å². The van der Waals surface area contributed by atoms with E-state index in [0.717, 1.165) is 0 Å². The van der Waals surface area contributed by atoms with E-state index in [9.17, 15) is 9.59 Å². The van der Waals surface area contributed by atoms with Crippen LogP contribution in [0.4, 0.5) is 0 Å². The van der Waals surface area contributed by atoms with Gasteiger partial charge < -0.3 is 4.74 Å². The summed E-state index contributed by atoms with van der Waals surface area (Å²) in [7, 11) is 0. The minimum atomic E-state index is -0.527. The van der Waals surface area contributed by atoms with Crippen LogP contribution in [-0.4, -0.2) is 11.8 Å². The zero-order chi connectivity index (χ0) is 11.9. The molecule has 0 bridgehead atoms. The average molecular weight is 210 g/mol. The number of esters is 1. The Morgan fingerprint density at radius 1 is 1.33 bits per heavy atom. The lowest BCUT2D eigenvalue weighted by atomic mass is 9.70. The van der Waals surface area contributed by atoms with Gasteiger partial charge in [-0.3, -0.25) is 9.59 Å². The molecule has 0 aromatic heterocycles. The standard InChI is InChI=1S/C12H18O3/c1-8(13)15-10-7-11(2,3)9(14)6-12(10,4)5/h7H,6H2,1-5H3. The van der Waals surface area contributed by atoms with Gasteiger partial charge in [0.2, 0.25) is 0 Å². The van der Waals surface area contributed by atoms with Gasteiger partial charge in [0, 0.05) is 24.2 Å². The van der Waals surface area contributed by atoms with Crippen molar-refractivity contribution in [3.8, 4) is 0 Å². The van der Waals surface area contributed by atoms with Crippen LogP contribution in [0.1, 0.15) is 41.0 Å². The zero-order valence-corrected chi connectivity index (χ0v) is 10.0. The molecule has 1 aliphatic carbocycles. The fourth-order valence-electron chi connectivity index (χ4n) is 1.64. The quantitative estimate of drug-likeness (QED) is 0.624. The Morgan fingerprint density at radius 3 is 2.33 bits per heavy atom. The van der Waals surface area contributed by atoms with Gasteiger partial charge in [0.25, 0.3) is 0 Å². The zero-order valence-electron chi connectivity index (χ0n) is 10.0. The number of Topliss-reactive ketones (excluding diaryl/α,β-unsaturated/α-hetero) is 1. The third-order valence-corrected chi connectivity index (χ3v) is 2.73. The van der Waals surface area contributed by atoms with Gasteiger partial charge in [0.05, 0.1) is 0 Å². The molecule has 84 valence electrons. The smallest absolute Gasteiger partial charge is 0.307 e. The molecule has 0 heterocycles. The van der Waals surface area contributed by atoms with Crippen LogP contribution in [0.3, 0.4) is 0 Å². The predicted octanol–water partition coefficient (Wildman–Crippen LogP) is 2.46. The van der Waals surface area contributed by atoms with E-state index in [1.165, 1.54) is 6.92 Å². The van der Waals surface area contributed by atoms with Gasteiger partial charge in [-0.05, 0) is 19.9 Å². The van der Waals surface area contributed by atoms with Gasteiger partial charge in [-0.25, -0.2) is 0 Å². The number of carbonyl (C=O) groups is 2. The van der Waals surface area contributed by atoms with Crippen molar-refractivity contribution in [2.45, 2.75) is 41.0 Å². The lowest BCUT2D eigenvalue weighted by Crippen LogP contribution is -2.36. The first-order valence-electron chi connectivity index (χ1n) is 5.10. The summed E-state index contributed by atoms with van der Waals surface area (Å²) >= 11 is 0. The number of hydrogen-bond donors (Lipinski definition) is 0. The van der Waals surface area contributed by atoms with Crippen molar-refractivity contribution in [3.63, 3.8) is 0 Å². The third kappa shape index (κ3) is 2.46. The molecule has 0 aromatic carbocycles. The fraction of sp³-hybridized carbons (Fsp3) is 0.667. The van der Waals surface area contributed by atoms with Crippen LogP contribution >= 0.6 is 0 Å². The Morgan fingerprint density at radius 2 is 1.87 bits per heavy atom. The second kappa shape index (κ2) is 3.47. The number of ether oxygens (including phenoxy) is 1. The van der Waals surface area contributed by atoms with E-state index in [2.05, 4.69) is 0 Å². The topological polar surface area (TPSA) is 43.4 Å². The van der Waals surface area contributed by atoms with E-state index in [4.69, 9.17) is 4.74 Å². The summed E-state index contributed by atoms with van der Waals surface area (Å²) in [5.74, 6) is 0.461. The van der Waals surface area contributed by atoms with Gasteiger partial charge in [0.1, 0.15) is 11.5 Å². The van der Waals surface area contributed by atoms with Crippen molar-refractivity contribution in [2.24, 2.45) is 10.8 Å². The second-order valence-electron chi connectivity index (χ2n) is 5.31. The van der Waals surface area contributed by atoms with E-state index in [-0.39, 0.29) is 17.2 Å². The molecule has 0 N–H and O–H groups in total. The summed E-state index contributed by atoms with van der Waals surface area (Å²) in [6, 6.07) is 0. The van der Waals surface area contributed by atoms with Crippen molar-refractivity contribution in [2.75, 3.05) is 0 Å². The van der Waals surface area contributed by atoms with E-state index < -0.39 is 5.41 Å². The van der Waals surface area contributed by atoms with Crippen LogP contribution in [0, 0.1) is 10.8 Å². The van der Waals surface area contributed by atoms with Crippen LogP contribution in [-0.2, 0) is 14.3 Å². The third-order valence-electron chi connectivity index (χ3n) is 2.73. The molecule has 1 aliphatic rings. The molecule has 0 fully saturated rings. The predicted molar refractivity (Wildman–Crippen MR) is 57.0 cm³/mol. The molecule has 0 saturated carbocycles. The van der Waals surface area contributed by atoms with E-state index in [1.54, 1.807) is 6.08 Å². The molecule has 0 unspecified atom stereocenters. The maximum absolute atomic E-state index is 11.8. The van der Waals surface area contributed by atoms with Crippen LogP contribution in [0.15, 0.2) is 11.8 Å². The van der Waals surface area contributed by atoms with Crippen LogP contribution in [0.25, 0.3) is 0 Å². The Balaban J connectivity index is 3.09. The van der Waals surface area contributed by atoms with Gasteiger partial charge in [0.15, 0.2) is 0 Å². The fourth-order valence-corrected chi connectivity index (χ4v) is 1.64.